The number of amides is 1. The van der Waals surface area contributed by atoms with Gasteiger partial charge in [-0.3, -0.25) is 9.59 Å². The van der Waals surface area contributed by atoms with Crippen molar-refractivity contribution in [3.05, 3.63) is 29.8 Å². The van der Waals surface area contributed by atoms with E-state index in [0.717, 1.165) is 23.9 Å². The molecular formula is C19H29BN2O5. The van der Waals surface area contributed by atoms with E-state index in [4.69, 9.17) is 19.8 Å². The van der Waals surface area contributed by atoms with Crippen LogP contribution in [0.25, 0.3) is 0 Å². The number of carbonyl (C=O) groups is 2. The second-order valence-electron chi connectivity index (χ2n) is 7.49. The van der Waals surface area contributed by atoms with Gasteiger partial charge in [0.1, 0.15) is 6.61 Å². The number of hydrogen-bond donors (Lipinski definition) is 2. The van der Waals surface area contributed by atoms with Crippen LogP contribution in [0.3, 0.4) is 0 Å². The molecule has 7 nitrogen and oxygen atoms in total. The van der Waals surface area contributed by atoms with Crippen molar-refractivity contribution in [3.8, 4) is 0 Å². The van der Waals surface area contributed by atoms with E-state index < -0.39 is 18.3 Å². The molecule has 1 fully saturated rings. The highest BCUT2D eigenvalue weighted by Crippen LogP contribution is 2.40. The van der Waals surface area contributed by atoms with Crippen molar-refractivity contribution in [3.63, 3.8) is 0 Å². The number of carbonyl (C=O) groups excluding carboxylic acids is 2. The third kappa shape index (κ3) is 5.54. The molecule has 8 heteroatoms. The number of esters is 1. The molecule has 3 N–H and O–H groups in total. The summed E-state index contributed by atoms with van der Waals surface area (Å²) in [6, 6.07) is 7.64. The minimum absolute atomic E-state index is 0.00209. The van der Waals surface area contributed by atoms with Crippen LogP contribution in [0.2, 0.25) is 0 Å². The number of nitrogens with one attached hydrogen (secondary N) is 1. The van der Waals surface area contributed by atoms with E-state index in [1.165, 1.54) is 6.92 Å². The minimum atomic E-state index is -0.485. The highest BCUT2D eigenvalue weighted by Gasteiger charge is 2.53. The SMILES string of the molecule is CC(=O)OCc1ccc(B2OC(C)(C)C(C)(CCCNC(=O)CN)O2)cc1. The fraction of sp³-hybridized carbons (Fsp3) is 0.579. The van der Waals surface area contributed by atoms with Gasteiger partial charge in [-0.05, 0) is 44.6 Å². The molecule has 1 aromatic carbocycles. The Morgan fingerprint density at radius 2 is 1.85 bits per heavy atom. The highest BCUT2D eigenvalue weighted by atomic mass is 16.7. The summed E-state index contributed by atoms with van der Waals surface area (Å²) in [5.41, 5.74) is 6.15. The van der Waals surface area contributed by atoms with E-state index in [9.17, 15) is 9.59 Å². The van der Waals surface area contributed by atoms with Crippen LogP contribution in [0.1, 0.15) is 46.1 Å². The number of hydrogen-bond acceptors (Lipinski definition) is 6. The lowest BCUT2D eigenvalue weighted by atomic mass is 9.79. The summed E-state index contributed by atoms with van der Waals surface area (Å²) < 4.78 is 17.4. The number of nitrogens with two attached hydrogens (primary N) is 1. The third-order valence-corrected chi connectivity index (χ3v) is 5.07. The van der Waals surface area contributed by atoms with Gasteiger partial charge >= 0.3 is 13.1 Å². The number of ether oxygens (including phenoxy) is 1. The monoisotopic (exact) mass is 376 g/mol. The molecule has 1 unspecified atom stereocenters. The van der Waals surface area contributed by atoms with E-state index in [1.54, 1.807) is 0 Å². The second kappa shape index (κ2) is 8.86. The first kappa shape index (κ1) is 21.4. The topological polar surface area (TPSA) is 99.9 Å². The summed E-state index contributed by atoms with van der Waals surface area (Å²) in [5.74, 6) is -0.462. The molecule has 0 bridgehead atoms. The minimum Gasteiger partial charge on any atom is -0.461 e. The molecule has 1 aromatic rings. The Bertz CT molecular complexity index is 665. The maximum atomic E-state index is 11.2. The van der Waals surface area contributed by atoms with E-state index >= 15 is 0 Å². The van der Waals surface area contributed by atoms with Crippen molar-refractivity contribution in [2.45, 2.75) is 58.3 Å². The summed E-state index contributed by atoms with van der Waals surface area (Å²) in [4.78, 5) is 22.2. The van der Waals surface area contributed by atoms with Crippen LogP contribution in [0.4, 0.5) is 0 Å². The normalized spacial score (nSPS) is 21.1. The van der Waals surface area contributed by atoms with Crippen LogP contribution in [0.15, 0.2) is 24.3 Å². The first-order chi connectivity index (χ1) is 12.7. The largest absolute Gasteiger partial charge is 0.494 e. The van der Waals surface area contributed by atoms with Crippen LogP contribution < -0.4 is 16.5 Å². The molecule has 0 spiro atoms. The standard InChI is InChI=1S/C19H29BN2O5/c1-14(23)25-13-15-6-8-16(9-7-15)20-26-18(2,3)19(4,27-20)10-5-11-22-17(24)12-21/h6-9H,5,10-13,21H2,1-4H3,(H,22,24). The average molecular weight is 376 g/mol. The molecule has 1 heterocycles. The zero-order valence-corrected chi connectivity index (χ0v) is 16.5. The van der Waals surface area contributed by atoms with Gasteiger partial charge in [-0.15, -0.1) is 0 Å². The van der Waals surface area contributed by atoms with Crippen molar-refractivity contribution < 1.29 is 23.6 Å². The summed E-state index contributed by atoms with van der Waals surface area (Å²) in [7, 11) is -0.466. The lowest BCUT2D eigenvalue weighted by molar-refractivity contribution is -0.142. The summed E-state index contributed by atoms with van der Waals surface area (Å²) >= 11 is 0. The Morgan fingerprint density at radius 3 is 2.44 bits per heavy atom. The molecule has 1 atom stereocenters. The summed E-state index contributed by atoms with van der Waals surface area (Å²) in [5, 5.41) is 2.77. The van der Waals surface area contributed by atoms with Crippen molar-refractivity contribution in [1.82, 2.24) is 5.32 Å². The molecule has 0 saturated carbocycles. The van der Waals surface area contributed by atoms with Gasteiger partial charge in [0.05, 0.1) is 17.7 Å². The molecule has 0 radical (unpaired) electrons. The quantitative estimate of drug-likeness (QED) is 0.397. The van der Waals surface area contributed by atoms with Crippen LogP contribution in [0.5, 0.6) is 0 Å². The van der Waals surface area contributed by atoms with Gasteiger partial charge < -0.3 is 25.1 Å². The summed E-state index contributed by atoms with van der Waals surface area (Å²) in [6.07, 6.45) is 1.51. The Hall–Kier alpha value is -1.90. The van der Waals surface area contributed by atoms with Gasteiger partial charge in [0.25, 0.3) is 0 Å². The maximum Gasteiger partial charge on any atom is 0.494 e. The smallest absolute Gasteiger partial charge is 0.461 e. The zero-order valence-electron chi connectivity index (χ0n) is 16.5. The zero-order chi connectivity index (χ0) is 20.1. The Labute approximate surface area is 161 Å². The fourth-order valence-electron chi connectivity index (χ4n) is 2.97. The van der Waals surface area contributed by atoms with Crippen LogP contribution >= 0.6 is 0 Å². The average Bonchev–Trinajstić information content (AvgIpc) is 2.86. The van der Waals surface area contributed by atoms with Crippen molar-refractivity contribution in [2.24, 2.45) is 5.73 Å². The van der Waals surface area contributed by atoms with Crippen LogP contribution in [0, 0.1) is 0 Å². The second-order valence-corrected chi connectivity index (χ2v) is 7.49. The molecule has 1 saturated heterocycles. The van der Waals surface area contributed by atoms with Gasteiger partial charge in [-0.2, -0.15) is 0 Å². The Morgan fingerprint density at radius 1 is 1.19 bits per heavy atom. The first-order valence-electron chi connectivity index (χ1n) is 9.21. The van der Waals surface area contributed by atoms with Crippen molar-refractivity contribution >= 4 is 24.5 Å². The molecule has 148 valence electrons. The molecular weight excluding hydrogens is 347 g/mol. The van der Waals surface area contributed by atoms with E-state index in [-0.39, 0.29) is 25.0 Å². The van der Waals surface area contributed by atoms with Crippen molar-refractivity contribution in [1.29, 1.82) is 0 Å². The maximum absolute atomic E-state index is 11.2. The molecule has 27 heavy (non-hydrogen) atoms. The molecule has 1 amide bonds. The molecule has 0 aliphatic carbocycles. The highest BCUT2D eigenvalue weighted by molar-refractivity contribution is 6.62. The predicted molar refractivity (Wildman–Crippen MR) is 103 cm³/mol. The third-order valence-electron chi connectivity index (χ3n) is 5.07. The van der Waals surface area contributed by atoms with Gasteiger partial charge in [0.15, 0.2) is 0 Å². The van der Waals surface area contributed by atoms with Crippen LogP contribution in [-0.4, -0.2) is 43.3 Å². The van der Waals surface area contributed by atoms with Crippen LogP contribution in [-0.2, 0) is 30.2 Å². The lowest BCUT2D eigenvalue weighted by Gasteiger charge is -2.36. The first-order valence-corrected chi connectivity index (χ1v) is 9.21. The van der Waals surface area contributed by atoms with Gasteiger partial charge in [0, 0.05) is 13.5 Å². The molecule has 1 aliphatic rings. The molecule has 1 aliphatic heterocycles. The predicted octanol–water partition coefficient (Wildman–Crippen LogP) is 0.884. The fourth-order valence-corrected chi connectivity index (χ4v) is 2.97. The molecule has 2 rings (SSSR count). The van der Waals surface area contributed by atoms with Gasteiger partial charge in [0.2, 0.25) is 5.91 Å². The number of rotatable bonds is 8. The van der Waals surface area contributed by atoms with Gasteiger partial charge in [-0.25, -0.2) is 0 Å². The Balaban J connectivity index is 1.96. The van der Waals surface area contributed by atoms with Gasteiger partial charge in [-0.1, -0.05) is 24.3 Å². The number of benzene rings is 1. The lowest BCUT2D eigenvalue weighted by Crippen LogP contribution is -2.45. The van der Waals surface area contributed by atoms with E-state index in [2.05, 4.69) is 5.32 Å². The summed E-state index contributed by atoms with van der Waals surface area (Å²) in [6.45, 7) is 8.25. The van der Waals surface area contributed by atoms with E-state index in [0.29, 0.717) is 6.54 Å². The Kier molecular flexibility index (Phi) is 7.03. The molecule has 0 aromatic heterocycles. The van der Waals surface area contributed by atoms with E-state index in [1.807, 2.05) is 45.0 Å². The van der Waals surface area contributed by atoms with Crippen molar-refractivity contribution in [2.75, 3.05) is 13.1 Å².